The molecule has 3 heteroatoms. The Balaban J connectivity index is 0.00000289. The lowest BCUT2D eigenvalue weighted by atomic mass is 9.87. The molecule has 4 aromatic rings. The lowest BCUT2D eigenvalue weighted by molar-refractivity contribution is -0.597. The molecule has 1 nitrogen and oxygen atoms in total. The van der Waals surface area contributed by atoms with Crippen LogP contribution >= 0.6 is 11.3 Å². The van der Waals surface area contributed by atoms with Crippen molar-refractivity contribution in [1.29, 1.82) is 0 Å². The summed E-state index contributed by atoms with van der Waals surface area (Å²) >= 11 is 1.82. The molecule has 0 aliphatic rings. The van der Waals surface area contributed by atoms with Crippen LogP contribution in [0.5, 0.6) is 0 Å². The van der Waals surface area contributed by atoms with Gasteiger partial charge in [0.25, 0.3) is 0 Å². The fraction of sp³-hybridized carbons (Fsp3) is 0.276. The van der Waals surface area contributed by atoms with Gasteiger partial charge < -0.3 is 12.4 Å². The van der Waals surface area contributed by atoms with Crippen LogP contribution < -0.4 is 17.0 Å². The van der Waals surface area contributed by atoms with E-state index in [-0.39, 0.29) is 12.4 Å². The highest BCUT2D eigenvalue weighted by Crippen LogP contribution is 2.29. The van der Waals surface area contributed by atoms with Crippen LogP contribution in [-0.4, -0.2) is 0 Å². The maximum Gasteiger partial charge on any atom is 0.231 e. The highest BCUT2D eigenvalue weighted by Gasteiger charge is 2.20. The highest BCUT2D eigenvalue weighted by molar-refractivity contribution is 7.09. The Bertz CT molecular complexity index is 1070. The normalized spacial score (nSPS) is 12.8. The van der Waals surface area contributed by atoms with Gasteiger partial charge in [-0.3, -0.25) is 0 Å². The molecular formula is C29H32ClNS. The van der Waals surface area contributed by atoms with Gasteiger partial charge in [0.2, 0.25) is 11.2 Å². The van der Waals surface area contributed by atoms with Crippen molar-refractivity contribution in [3.63, 3.8) is 0 Å². The van der Waals surface area contributed by atoms with E-state index in [2.05, 4.69) is 117 Å². The molecule has 32 heavy (non-hydrogen) atoms. The quantitative estimate of drug-likeness (QED) is 0.360. The molecule has 1 aromatic heterocycles. The fourth-order valence-corrected chi connectivity index (χ4v) is 5.07. The molecule has 2 unspecified atom stereocenters. The second-order valence-corrected chi connectivity index (χ2v) is 9.83. The molecular weight excluding hydrogens is 430 g/mol. The van der Waals surface area contributed by atoms with Gasteiger partial charge in [0, 0.05) is 19.1 Å². The fourth-order valence-electron chi connectivity index (χ4n) is 4.26. The lowest BCUT2D eigenvalue weighted by Gasteiger charge is -2.18. The van der Waals surface area contributed by atoms with Crippen molar-refractivity contribution in [1.82, 2.24) is 0 Å². The number of nitrogens with zero attached hydrogens (tertiary/aromatic N) is 1. The van der Waals surface area contributed by atoms with Gasteiger partial charge in [-0.25, -0.2) is 0 Å². The summed E-state index contributed by atoms with van der Waals surface area (Å²) in [5.74, 6) is 0.927. The zero-order chi connectivity index (χ0) is 21.8. The van der Waals surface area contributed by atoms with Crippen molar-refractivity contribution in [2.75, 3.05) is 0 Å². The predicted octanol–water partition coefficient (Wildman–Crippen LogP) is 4.34. The second-order valence-electron chi connectivity index (χ2n) is 8.77. The molecule has 166 valence electrons. The minimum Gasteiger partial charge on any atom is -1.00 e. The van der Waals surface area contributed by atoms with Crippen LogP contribution in [0.25, 0.3) is 5.69 Å². The minimum absolute atomic E-state index is 0. The van der Waals surface area contributed by atoms with Gasteiger partial charge in [-0.2, -0.15) is 4.57 Å². The Morgan fingerprint density at radius 1 is 0.719 bits per heavy atom. The van der Waals surface area contributed by atoms with Gasteiger partial charge in [-0.15, -0.1) is 0 Å². The van der Waals surface area contributed by atoms with E-state index in [4.69, 9.17) is 0 Å². The molecule has 0 aliphatic heterocycles. The van der Waals surface area contributed by atoms with Crippen LogP contribution in [0.3, 0.4) is 0 Å². The van der Waals surface area contributed by atoms with Crippen molar-refractivity contribution in [2.45, 2.75) is 52.4 Å². The first kappa shape index (κ1) is 24.2. The monoisotopic (exact) mass is 461 g/mol. The highest BCUT2D eigenvalue weighted by atomic mass is 35.5. The SMILES string of the molecule is Cc1sc[n+](-c2cc(C(C)Cc3ccccc3)cc(C(C)Cc3ccccc3)c2)c1C.[Cl-]. The number of rotatable bonds is 7. The standard InChI is InChI=1S/C29H32NS.ClH/c1-21(15-25-11-7-5-8-12-25)27-17-28(22(2)16-26-13-9-6-10-14-26)19-29(18-27)30-20-31-24(4)23(30)3;/h5-14,17-22H,15-16H2,1-4H3;1H/q+1;/p-1. The van der Waals surface area contributed by atoms with Crippen LogP contribution in [0.4, 0.5) is 0 Å². The van der Waals surface area contributed by atoms with Crippen LogP contribution in [0.15, 0.2) is 84.4 Å². The largest absolute Gasteiger partial charge is 1.00 e. The van der Waals surface area contributed by atoms with Crippen molar-refractivity contribution >= 4 is 11.3 Å². The summed E-state index contributed by atoms with van der Waals surface area (Å²) in [4.78, 5) is 1.38. The van der Waals surface area contributed by atoms with Gasteiger partial charge >= 0.3 is 0 Å². The number of thiazole rings is 1. The van der Waals surface area contributed by atoms with E-state index in [9.17, 15) is 0 Å². The Kier molecular flexibility index (Phi) is 8.28. The smallest absolute Gasteiger partial charge is 0.231 e. The summed E-state index contributed by atoms with van der Waals surface area (Å²) in [7, 11) is 0. The van der Waals surface area contributed by atoms with Gasteiger partial charge in [0.1, 0.15) is 0 Å². The summed E-state index contributed by atoms with van der Waals surface area (Å²) in [5, 5.41) is 0. The van der Waals surface area contributed by atoms with Gasteiger partial charge in [-0.1, -0.05) is 91.9 Å². The zero-order valence-electron chi connectivity index (χ0n) is 19.4. The molecule has 0 amide bonds. The number of aryl methyl sites for hydroxylation is 1. The number of hydrogen-bond donors (Lipinski definition) is 0. The van der Waals surface area contributed by atoms with E-state index in [0.29, 0.717) is 11.8 Å². The summed E-state index contributed by atoms with van der Waals surface area (Å²) in [6.45, 7) is 9.14. The molecule has 0 aliphatic carbocycles. The molecule has 0 N–H and O–H groups in total. The number of hydrogen-bond acceptors (Lipinski definition) is 1. The number of aromatic nitrogens is 1. The molecule has 0 saturated carbocycles. The molecule has 0 radical (unpaired) electrons. The molecule has 3 aromatic carbocycles. The van der Waals surface area contributed by atoms with Crippen molar-refractivity contribution in [2.24, 2.45) is 0 Å². The summed E-state index contributed by atoms with van der Waals surface area (Å²) in [5.41, 5.74) is 10.5. The molecule has 2 atom stereocenters. The first-order valence-corrected chi connectivity index (χ1v) is 12.1. The van der Waals surface area contributed by atoms with E-state index in [0.717, 1.165) is 12.8 Å². The minimum atomic E-state index is 0. The lowest BCUT2D eigenvalue weighted by Crippen LogP contribution is -3.00. The Hall–Kier alpha value is -2.42. The Labute approximate surface area is 203 Å². The Morgan fingerprint density at radius 2 is 1.19 bits per heavy atom. The van der Waals surface area contributed by atoms with Crippen LogP contribution in [-0.2, 0) is 12.8 Å². The van der Waals surface area contributed by atoms with Gasteiger partial charge in [0.05, 0.1) is 4.88 Å². The van der Waals surface area contributed by atoms with E-state index in [1.54, 1.807) is 0 Å². The second kappa shape index (κ2) is 10.9. The third-order valence-electron chi connectivity index (χ3n) is 6.35. The van der Waals surface area contributed by atoms with Crippen molar-refractivity contribution in [3.8, 4) is 5.69 Å². The van der Waals surface area contributed by atoms with Gasteiger partial charge in [0.15, 0.2) is 5.69 Å². The maximum atomic E-state index is 2.44. The molecule has 0 bridgehead atoms. The van der Waals surface area contributed by atoms with E-state index < -0.39 is 0 Å². The molecule has 0 saturated heterocycles. The third kappa shape index (κ3) is 5.68. The molecule has 0 fully saturated rings. The average Bonchev–Trinajstić information content (AvgIpc) is 3.13. The van der Waals surface area contributed by atoms with Crippen LogP contribution in [0, 0.1) is 13.8 Å². The topological polar surface area (TPSA) is 3.88 Å². The van der Waals surface area contributed by atoms with Crippen molar-refractivity contribution in [3.05, 3.63) is 117 Å². The molecule has 0 spiro atoms. The van der Waals surface area contributed by atoms with E-state index >= 15 is 0 Å². The summed E-state index contributed by atoms with van der Waals surface area (Å²) in [6.07, 6.45) is 2.12. The maximum absolute atomic E-state index is 2.44. The van der Waals surface area contributed by atoms with Crippen molar-refractivity contribution < 1.29 is 17.0 Å². The van der Waals surface area contributed by atoms with Gasteiger partial charge in [-0.05, 0) is 53.9 Å². The first-order valence-electron chi connectivity index (χ1n) is 11.2. The van der Waals surface area contributed by atoms with E-state index in [1.807, 2.05) is 11.3 Å². The molecule has 4 rings (SSSR count). The summed E-state index contributed by atoms with van der Waals surface area (Å²) < 4.78 is 2.36. The van der Waals surface area contributed by atoms with Crippen LogP contribution in [0.1, 0.15) is 58.5 Å². The average molecular weight is 462 g/mol. The first-order chi connectivity index (χ1) is 15.0. The van der Waals surface area contributed by atoms with E-state index in [1.165, 1.54) is 38.5 Å². The predicted molar refractivity (Wildman–Crippen MR) is 132 cm³/mol. The third-order valence-corrected chi connectivity index (χ3v) is 7.32. The number of benzene rings is 3. The zero-order valence-corrected chi connectivity index (χ0v) is 21.0. The van der Waals surface area contributed by atoms with Crippen LogP contribution in [0.2, 0.25) is 0 Å². The number of halogens is 1. The molecule has 1 heterocycles. The Morgan fingerprint density at radius 3 is 1.59 bits per heavy atom. The summed E-state index contributed by atoms with van der Waals surface area (Å²) in [6, 6.07) is 28.9.